The van der Waals surface area contributed by atoms with E-state index in [0.717, 1.165) is 0 Å². The van der Waals surface area contributed by atoms with Crippen molar-refractivity contribution in [3.63, 3.8) is 0 Å². The molecule has 1 aliphatic rings. The highest BCUT2D eigenvalue weighted by Gasteiger charge is 2.34. The molecular formula is C12H17NO4S. The normalized spacial score (nSPS) is 17.2. The van der Waals surface area contributed by atoms with Crippen LogP contribution in [0.2, 0.25) is 0 Å². The lowest BCUT2D eigenvalue weighted by Gasteiger charge is -2.16. The van der Waals surface area contributed by atoms with Gasteiger partial charge in [-0.25, -0.2) is 12.7 Å². The third kappa shape index (κ3) is 2.06. The molecule has 0 atom stereocenters. The van der Waals surface area contributed by atoms with E-state index >= 15 is 0 Å². The van der Waals surface area contributed by atoms with E-state index in [9.17, 15) is 8.42 Å². The van der Waals surface area contributed by atoms with Crippen molar-refractivity contribution in [2.75, 3.05) is 14.1 Å². The van der Waals surface area contributed by atoms with Crippen LogP contribution in [0, 0.1) is 6.92 Å². The van der Waals surface area contributed by atoms with Gasteiger partial charge in [0.05, 0.1) is 4.90 Å². The molecule has 6 heteroatoms. The van der Waals surface area contributed by atoms with Gasteiger partial charge in [0, 0.05) is 34.0 Å². The average molecular weight is 271 g/mol. The van der Waals surface area contributed by atoms with E-state index in [1.807, 2.05) is 0 Å². The summed E-state index contributed by atoms with van der Waals surface area (Å²) in [5.41, 5.74) is 0.642. The summed E-state index contributed by atoms with van der Waals surface area (Å²) in [6, 6.07) is 3.22. The summed E-state index contributed by atoms with van der Waals surface area (Å²) in [7, 11) is -0.462. The van der Waals surface area contributed by atoms with Gasteiger partial charge in [0.25, 0.3) is 0 Å². The zero-order valence-corrected chi connectivity index (χ0v) is 12.0. The Kier molecular flexibility index (Phi) is 2.82. The SMILES string of the molecule is Cc1cc2c(cc1S(=O)(=O)N(C)C)OC(C)(C)O2. The van der Waals surface area contributed by atoms with Crippen molar-refractivity contribution < 1.29 is 17.9 Å². The van der Waals surface area contributed by atoms with Crippen molar-refractivity contribution in [2.45, 2.75) is 31.5 Å². The minimum absolute atomic E-state index is 0.243. The molecule has 0 unspecified atom stereocenters. The summed E-state index contributed by atoms with van der Waals surface area (Å²) >= 11 is 0. The zero-order chi connectivity index (χ0) is 13.7. The third-order valence-electron chi connectivity index (χ3n) is 2.71. The van der Waals surface area contributed by atoms with Gasteiger partial charge in [0.15, 0.2) is 11.5 Å². The first-order chi connectivity index (χ1) is 8.13. The fraction of sp³-hybridized carbons (Fsp3) is 0.500. The van der Waals surface area contributed by atoms with Crippen LogP contribution in [0.1, 0.15) is 19.4 Å². The van der Waals surface area contributed by atoms with E-state index in [0.29, 0.717) is 17.1 Å². The second-order valence-corrected chi connectivity index (χ2v) is 7.08. The number of fused-ring (bicyclic) bond motifs is 1. The van der Waals surface area contributed by atoms with Crippen molar-refractivity contribution in [3.8, 4) is 11.5 Å². The lowest BCUT2D eigenvalue weighted by atomic mass is 10.2. The number of nitrogens with zero attached hydrogens (tertiary/aromatic N) is 1. The van der Waals surface area contributed by atoms with E-state index < -0.39 is 15.8 Å². The Morgan fingerprint density at radius 1 is 1.11 bits per heavy atom. The second kappa shape index (κ2) is 3.86. The second-order valence-electron chi connectivity index (χ2n) is 4.96. The molecule has 0 bridgehead atoms. The summed E-state index contributed by atoms with van der Waals surface area (Å²) in [4.78, 5) is 0.243. The predicted octanol–water partition coefficient (Wildman–Crippen LogP) is 1.75. The van der Waals surface area contributed by atoms with Gasteiger partial charge in [-0.2, -0.15) is 0 Å². The van der Waals surface area contributed by atoms with Gasteiger partial charge in [-0.15, -0.1) is 0 Å². The van der Waals surface area contributed by atoms with Crippen LogP contribution in [0.4, 0.5) is 0 Å². The summed E-state index contributed by atoms with van der Waals surface area (Å²) in [5, 5.41) is 0. The van der Waals surface area contributed by atoms with Gasteiger partial charge >= 0.3 is 0 Å². The quantitative estimate of drug-likeness (QED) is 0.822. The van der Waals surface area contributed by atoms with E-state index in [1.165, 1.54) is 24.5 Å². The number of hydrogen-bond acceptors (Lipinski definition) is 4. The van der Waals surface area contributed by atoms with Crippen LogP contribution in [0.5, 0.6) is 11.5 Å². The van der Waals surface area contributed by atoms with Crippen molar-refractivity contribution in [1.29, 1.82) is 0 Å². The summed E-state index contributed by atoms with van der Waals surface area (Å²) < 4.78 is 36.6. The molecule has 0 saturated heterocycles. The number of benzene rings is 1. The van der Waals surface area contributed by atoms with Crippen molar-refractivity contribution >= 4 is 10.0 Å². The maximum atomic E-state index is 12.1. The van der Waals surface area contributed by atoms with Crippen LogP contribution in [0.15, 0.2) is 17.0 Å². The van der Waals surface area contributed by atoms with Crippen LogP contribution < -0.4 is 9.47 Å². The Hall–Kier alpha value is -1.27. The first-order valence-corrected chi connectivity index (χ1v) is 7.03. The topological polar surface area (TPSA) is 55.8 Å². The Balaban J connectivity index is 2.56. The first kappa shape index (κ1) is 13.2. The molecule has 0 aliphatic carbocycles. The summed E-state index contributed by atoms with van der Waals surface area (Å²) in [6.45, 7) is 5.30. The van der Waals surface area contributed by atoms with Gasteiger partial charge in [-0.05, 0) is 18.6 Å². The summed E-state index contributed by atoms with van der Waals surface area (Å²) in [5.74, 6) is 0.288. The van der Waals surface area contributed by atoms with E-state index in [1.54, 1.807) is 26.8 Å². The summed E-state index contributed by atoms with van der Waals surface area (Å²) in [6.07, 6.45) is 0. The van der Waals surface area contributed by atoms with Crippen molar-refractivity contribution in [3.05, 3.63) is 17.7 Å². The molecule has 1 aromatic rings. The van der Waals surface area contributed by atoms with E-state index in [2.05, 4.69) is 0 Å². The lowest BCUT2D eigenvalue weighted by Crippen LogP contribution is -2.29. The highest BCUT2D eigenvalue weighted by atomic mass is 32.2. The van der Waals surface area contributed by atoms with Crippen molar-refractivity contribution in [2.24, 2.45) is 0 Å². The molecule has 0 aromatic heterocycles. The monoisotopic (exact) mass is 271 g/mol. The number of ether oxygens (including phenoxy) is 2. The van der Waals surface area contributed by atoms with Crippen LogP contribution in [-0.4, -0.2) is 32.6 Å². The smallest absolute Gasteiger partial charge is 0.246 e. The Morgan fingerprint density at radius 2 is 1.61 bits per heavy atom. The molecule has 0 spiro atoms. The first-order valence-electron chi connectivity index (χ1n) is 5.59. The molecule has 100 valence electrons. The van der Waals surface area contributed by atoms with Gasteiger partial charge in [0.1, 0.15) is 0 Å². The zero-order valence-electron chi connectivity index (χ0n) is 11.1. The standard InChI is InChI=1S/C12H17NO4S/c1-8-6-9-10(17-12(2,3)16-9)7-11(8)18(14,15)13(4)5/h6-7H,1-5H3. The minimum Gasteiger partial charge on any atom is -0.449 e. The van der Waals surface area contributed by atoms with Gasteiger partial charge < -0.3 is 9.47 Å². The van der Waals surface area contributed by atoms with Gasteiger partial charge in [-0.3, -0.25) is 0 Å². The largest absolute Gasteiger partial charge is 0.449 e. The molecule has 1 aromatic carbocycles. The number of sulfonamides is 1. The minimum atomic E-state index is -3.47. The molecule has 1 aliphatic heterocycles. The molecular weight excluding hydrogens is 254 g/mol. The fourth-order valence-electron chi connectivity index (χ4n) is 1.83. The molecule has 1 heterocycles. The Labute approximate surface area is 107 Å². The molecule has 0 amide bonds. The van der Waals surface area contributed by atoms with E-state index in [4.69, 9.17) is 9.47 Å². The lowest BCUT2D eigenvalue weighted by molar-refractivity contribution is -0.0432. The molecule has 0 N–H and O–H groups in total. The fourth-order valence-corrected chi connectivity index (χ4v) is 2.94. The Morgan fingerprint density at radius 3 is 2.11 bits per heavy atom. The van der Waals surface area contributed by atoms with Crippen LogP contribution in [0.3, 0.4) is 0 Å². The maximum absolute atomic E-state index is 12.1. The molecule has 18 heavy (non-hydrogen) atoms. The highest BCUT2D eigenvalue weighted by molar-refractivity contribution is 7.89. The third-order valence-corrected chi connectivity index (χ3v) is 4.67. The number of aryl methyl sites for hydroxylation is 1. The molecule has 2 rings (SSSR count). The van der Waals surface area contributed by atoms with Crippen LogP contribution in [-0.2, 0) is 10.0 Å². The molecule has 0 saturated carbocycles. The number of rotatable bonds is 2. The Bertz CT molecular complexity index is 590. The number of hydrogen-bond donors (Lipinski definition) is 0. The average Bonchev–Trinajstić information content (AvgIpc) is 2.49. The van der Waals surface area contributed by atoms with Crippen molar-refractivity contribution in [1.82, 2.24) is 4.31 Å². The van der Waals surface area contributed by atoms with Crippen LogP contribution in [0.25, 0.3) is 0 Å². The molecule has 0 fully saturated rings. The van der Waals surface area contributed by atoms with Gasteiger partial charge in [-0.1, -0.05) is 0 Å². The molecule has 0 radical (unpaired) electrons. The molecule has 5 nitrogen and oxygen atoms in total. The van der Waals surface area contributed by atoms with Crippen LogP contribution >= 0.6 is 0 Å². The highest BCUT2D eigenvalue weighted by Crippen LogP contribution is 2.42. The maximum Gasteiger partial charge on any atom is 0.246 e. The van der Waals surface area contributed by atoms with E-state index in [-0.39, 0.29) is 4.90 Å². The van der Waals surface area contributed by atoms with Gasteiger partial charge in [0.2, 0.25) is 15.8 Å². The predicted molar refractivity (Wildman–Crippen MR) is 67.4 cm³/mol.